The molecule has 0 atom stereocenters. The second-order valence-electron chi connectivity index (χ2n) is 5.15. The molecule has 2 aromatic rings. The van der Waals surface area contributed by atoms with Gasteiger partial charge in [0.25, 0.3) is 0 Å². The van der Waals surface area contributed by atoms with Crippen LogP contribution >= 0.6 is 11.3 Å². The number of hydrogen-bond acceptors (Lipinski definition) is 4. The standard InChI is InChI=1S/C14H19N3S/c1-10-7-11(15)8-16-13(10)17-9-14(2,3)12-5-4-6-18-12/h4-8H,9,15H2,1-3H3,(H,16,17). The second kappa shape index (κ2) is 4.98. The highest BCUT2D eigenvalue weighted by molar-refractivity contribution is 7.10. The van der Waals surface area contributed by atoms with Gasteiger partial charge in [-0.2, -0.15) is 0 Å². The van der Waals surface area contributed by atoms with E-state index in [1.165, 1.54) is 4.88 Å². The molecular weight excluding hydrogens is 242 g/mol. The van der Waals surface area contributed by atoms with Gasteiger partial charge in [-0.25, -0.2) is 4.98 Å². The molecule has 4 heteroatoms. The summed E-state index contributed by atoms with van der Waals surface area (Å²) in [5.41, 5.74) is 7.58. The van der Waals surface area contributed by atoms with Crippen molar-refractivity contribution >= 4 is 22.8 Å². The number of thiophene rings is 1. The largest absolute Gasteiger partial charge is 0.397 e. The van der Waals surface area contributed by atoms with Crippen molar-refractivity contribution in [3.63, 3.8) is 0 Å². The van der Waals surface area contributed by atoms with Crippen molar-refractivity contribution in [3.8, 4) is 0 Å². The number of anilines is 2. The Morgan fingerprint density at radius 2 is 2.22 bits per heavy atom. The quantitative estimate of drug-likeness (QED) is 0.886. The average molecular weight is 261 g/mol. The maximum Gasteiger partial charge on any atom is 0.129 e. The molecule has 0 aliphatic carbocycles. The van der Waals surface area contributed by atoms with Crippen LogP contribution in [0.5, 0.6) is 0 Å². The average Bonchev–Trinajstić information content (AvgIpc) is 2.82. The lowest BCUT2D eigenvalue weighted by atomic mass is 9.91. The molecule has 0 radical (unpaired) electrons. The highest BCUT2D eigenvalue weighted by Crippen LogP contribution is 2.28. The zero-order chi connectivity index (χ0) is 13.2. The first-order valence-corrected chi connectivity index (χ1v) is 6.87. The molecule has 0 saturated heterocycles. The van der Waals surface area contributed by atoms with Crippen LogP contribution in [0.3, 0.4) is 0 Å². The molecule has 2 aromatic heterocycles. The number of aryl methyl sites for hydroxylation is 1. The van der Waals surface area contributed by atoms with Gasteiger partial charge in [0.1, 0.15) is 5.82 Å². The number of nitrogens with zero attached hydrogens (tertiary/aromatic N) is 1. The van der Waals surface area contributed by atoms with Crippen LogP contribution in [-0.2, 0) is 5.41 Å². The third kappa shape index (κ3) is 2.82. The predicted molar refractivity (Wildman–Crippen MR) is 79.2 cm³/mol. The van der Waals surface area contributed by atoms with E-state index in [0.717, 1.165) is 17.9 Å². The Bertz CT molecular complexity index is 518. The van der Waals surface area contributed by atoms with Gasteiger partial charge in [-0.1, -0.05) is 19.9 Å². The fourth-order valence-corrected chi connectivity index (χ4v) is 2.69. The molecule has 0 saturated carbocycles. The first-order valence-electron chi connectivity index (χ1n) is 5.99. The van der Waals surface area contributed by atoms with Crippen LogP contribution in [0.4, 0.5) is 11.5 Å². The fourth-order valence-electron chi connectivity index (χ4n) is 1.84. The summed E-state index contributed by atoms with van der Waals surface area (Å²) in [7, 11) is 0. The summed E-state index contributed by atoms with van der Waals surface area (Å²) in [5.74, 6) is 0.911. The summed E-state index contributed by atoms with van der Waals surface area (Å²) < 4.78 is 0. The Hall–Kier alpha value is -1.55. The van der Waals surface area contributed by atoms with E-state index in [9.17, 15) is 0 Å². The molecule has 2 heterocycles. The topological polar surface area (TPSA) is 50.9 Å². The van der Waals surface area contributed by atoms with Crippen LogP contribution in [0.15, 0.2) is 29.8 Å². The van der Waals surface area contributed by atoms with E-state index in [1.807, 2.05) is 13.0 Å². The maximum atomic E-state index is 5.70. The number of pyridine rings is 1. The van der Waals surface area contributed by atoms with E-state index >= 15 is 0 Å². The Labute approximate surface area is 112 Å². The minimum Gasteiger partial charge on any atom is -0.397 e. The van der Waals surface area contributed by atoms with Gasteiger partial charge < -0.3 is 11.1 Å². The van der Waals surface area contributed by atoms with Crippen molar-refractivity contribution in [3.05, 3.63) is 40.2 Å². The van der Waals surface area contributed by atoms with Gasteiger partial charge in [-0.15, -0.1) is 11.3 Å². The first-order chi connectivity index (χ1) is 8.49. The molecule has 2 rings (SSSR count). The molecular formula is C14H19N3S. The summed E-state index contributed by atoms with van der Waals surface area (Å²) in [6, 6.07) is 6.21. The number of rotatable bonds is 4. The minimum atomic E-state index is 0.101. The number of nitrogens with one attached hydrogen (secondary N) is 1. The molecule has 0 aliphatic rings. The number of aromatic nitrogens is 1. The third-order valence-corrected chi connectivity index (χ3v) is 4.22. The number of nitrogens with two attached hydrogens (primary N) is 1. The van der Waals surface area contributed by atoms with Crippen molar-refractivity contribution in [1.29, 1.82) is 0 Å². The van der Waals surface area contributed by atoms with Crippen LogP contribution in [0.2, 0.25) is 0 Å². The normalized spacial score (nSPS) is 11.5. The molecule has 18 heavy (non-hydrogen) atoms. The van der Waals surface area contributed by atoms with Gasteiger partial charge in [0.15, 0.2) is 0 Å². The van der Waals surface area contributed by atoms with Crippen LogP contribution in [0.1, 0.15) is 24.3 Å². The lowest BCUT2D eigenvalue weighted by Crippen LogP contribution is -2.27. The van der Waals surface area contributed by atoms with E-state index < -0.39 is 0 Å². The molecule has 0 spiro atoms. The summed E-state index contributed by atoms with van der Waals surface area (Å²) in [4.78, 5) is 5.71. The monoisotopic (exact) mass is 261 g/mol. The smallest absolute Gasteiger partial charge is 0.129 e. The highest BCUT2D eigenvalue weighted by Gasteiger charge is 2.21. The van der Waals surface area contributed by atoms with Crippen molar-refractivity contribution in [1.82, 2.24) is 4.98 Å². The molecule has 0 amide bonds. The van der Waals surface area contributed by atoms with E-state index in [0.29, 0.717) is 5.69 Å². The predicted octanol–water partition coefficient (Wildman–Crippen LogP) is 3.42. The SMILES string of the molecule is Cc1cc(N)cnc1NCC(C)(C)c1cccs1. The van der Waals surface area contributed by atoms with Crippen LogP contribution < -0.4 is 11.1 Å². The Kier molecular flexibility index (Phi) is 3.57. The second-order valence-corrected chi connectivity index (χ2v) is 6.10. The molecule has 0 aromatic carbocycles. The minimum absolute atomic E-state index is 0.101. The van der Waals surface area contributed by atoms with Gasteiger partial charge in [0.2, 0.25) is 0 Å². The fraction of sp³-hybridized carbons (Fsp3) is 0.357. The lowest BCUT2D eigenvalue weighted by molar-refractivity contribution is 0.568. The molecule has 0 fully saturated rings. The molecule has 3 N–H and O–H groups in total. The molecule has 0 bridgehead atoms. The summed E-state index contributed by atoms with van der Waals surface area (Å²) >= 11 is 1.79. The van der Waals surface area contributed by atoms with Gasteiger partial charge in [-0.3, -0.25) is 0 Å². The Morgan fingerprint density at radius 1 is 1.44 bits per heavy atom. The summed E-state index contributed by atoms with van der Waals surface area (Å²) in [6.07, 6.45) is 1.69. The summed E-state index contributed by atoms with van der Waals surface area (Å²) in [5, 5.41) is 5.52. The van der Waals surface area contributed by atoms with Crippen molar-refractivity contribution in [2.45, 2.75) is 26.2 Å². The third-order valence-electron chi connectivity index (χ3n) is 2.99. The van der Waals surface area contributed by atoms with E-state index in [4.69, 9.17) is 5.73 Å². The van der Waals surface area contributed by atoms with Gasteiger partial charge >= 0.3 is 0 Å². The van der Waals surface area contributed by atoms with E-state index in [1.54, 1.807) is 17.5 Å². The van der Waals surface area contributed by atoms with Gasteiger partial charge in [0.05, 0.1) is 11.9 Å². The van der Waals surface area contributed by atoms with E-state index in [-0.39, 0.29) is 5.41 Å². The van der Waals surface area contributed by atoms with Crippen molar-refractivity contribution < 1.29 is 0 Å². The summed E-state index contributed by atoms with van der Waals surface area (Å²) in [6.45, 7) is 7.34. The molecule has 3 nitrogen and oxygen atoms in total. The molecule has 0 unspecified atom stereocenters. The lowest BCUT2D eigenvalue weighted by Gasteiger charge is -2.24. The van der Waals surface area contributed by atoms with Crippen LogP contribution in [0.25, 0.3) is 0 Å². The molecule has 96 valence electrons. The number of hydrogen-bond donors (Lipinski definition) is 2. The first kappa shape index (κ1) is 12.9. The van der Waals surface area contributed by atoms with E-state index in [2.05, 4.69) is 41.7 Å². The van der Waals surface area contributed by atoms with Crippen molar-refractivity contribution in [2.75, 3.05) is 17.6 Å². The van der Waals surface area contributed by atoms with Crippen LogP contribution in [-0.4, -0.2) is 11.5 Å². The zero-order valence-electron chi connectivity index (χ0n) is 11.0. The van der Waals surface area contributed by atoms with Crippen LogP contribution in [0, 0.1) is 6.92 Å². The Balaban J connectivity index is 2.07. The van der Waals surface area contributed by atoms with Gasteiger partial charge in [0, 0.05) is 16.8 Å². The number of nitrogen functional groups attached to an aromatic ring is 1. The Morgan fingerprint density at radius 3 is 2.83 bits per heavy atom. The van der Waals surface area contributed by atoms with Crippen molar-refractivity contribution in [2.24, 2.45) is 0 Å². The van der Waals surface area contributed by atoms with Gasteiger partial charge in [-0.05, 0) is 30.0 Å². The zero-order valence-corrected chi connectivity index (χ0v) is 11.8. The molecule has 0 aliphatic heterocycles. The maximum absolute atomic E-state index is 5.70. The highest BCUT2D eigenvalue weighted by atomic mass is 32.1.